The smallest absolute Gasteiger partial charge is 0.160 e. The molecule has 1 saturated heterocycles. The molecule has 1 aliphatic rings. The van der Waals surface area contributed by atoms with E-state index in [1.807, 2.05) is 37.1 Å². The summed E-state index contributed by atoms with van der Waals surface area (Å²) in [5.41, 5.74) is 1.81. The summed E-state index contributed by atoms with van der Waals surface area (Å²) in [6.45, 7) is 1.96. The second kappa shape index (κ2) is 6.16. The Balaban J connectivity index is 1.78. The third-order valence-corrected chi connectivity index (χ3v) is 4.83. The van der Waals surface area contributed by atoms with Gasteiger partial charge in [-0.2, -0.15) is 5.10 Å². The first-order chi connectivity index (χ1) is 11.8. The SMILES string of the molecule is CNC1CCN(c2nnc(-c3ccnn3C)c3ccncc23)CC1. The Morgan fingerprint density at radius 1 is 1.08 bits per heavy atom. The van der Waals surface area contributed by atoms with Gasteiger partial charge in [-0.05, 0) is 32.0 Å². The molecule has 0 aromatic carbocycles. The summed E-state index contributed by atoms with van der Waals surface area (Å²) in [5, 5.41) is 18.8. The van der Waals surface area contributed by atoms with Crippen molar-refractivity contribution in [2.75, 3.05) is 25.0 Å². The molecule has 1 aliphatic heterocycles. The molecule has 0 unspecified atom stereocenters. The van der Waals surface area contributed by atoms with Crippen molar-refractivity contribution in [2.24, 2.45) is 7.05 Å². The number of nitrogens with one attached hydrogen (secondary N) is 1. The van der Waals surface area contributed by atoms with Gasteiger partial charge in [-0.15, -0.1) is 10.2 Å². The molecule has 3 aromatic rings. The Kier molecular flexibility index (Phi) is 3.86. The molecule has 3 aromatic heterocycles. The molecule has 7 heteroatoms. The topological polar surface area (TPSA) is 71.8 Å². The summed E-state index contributed by atoms with van der Waals surface area (Å²) < 4.78 is 1.82. The molecule has 4 rings (SSSR count). The number of fused-ring (bicyclic) bond motifs is 1. The lowest BCUT2D eigenvalue weighted by Gasteiger charge is -2.32. The van der Waals surface area contributed by atoms with E-state index in [1.54, 1.807) is 12.4 Å². The van der Waals surface area contributed by atoms with Gasteiger partial charge in [0.1, 0.15) is 5.69 Å². The minimum Gasteiger partial charge on any atom is -0.354 e. The van der Waals surface area contributed by atoms with Crippen LogP contribution >= 0.6 is 0 Å². The monoisotopic (exact) mass is 323 g/mol. The van der Waals surface area contributed by atoms with Gasteiger partial charge in [0.05, 0.1) is 5.69 Å². The number of nitrogens with zero attached hydrogens (tertiary/aromatic N) is 6. The van der Waals surface area contributed by atoms with Crippen molar-refractivity contribution in [1.29, 1.82) is 0 Å². The van der Waals surface area contributed by atoms with Crippen molar-refractivity contribution < 1.29 is 0 Å². The Bertz CT molecular complexity index is 849. The van der Waals surface area contributed by atoms with Crippen molar-refractivity contribution in [3.8, 4) is 11.4 Å². The fourth-order valence-corrected chi connectivity index (χ4v) is 3.39. The van der Waals surface area contributed by atoms with E-state index >= 15 is 0 Å². The second-order valence-corrected chi connectivity index (χ2v) is 6.18. The number of aryl methyl sites for hydroxylation is 1. The van der Waals surface area contributed by atoms with Gasteiger partial charge in [-0.1, -0.05) is 0 Å². The minimum absolute atomic E-state index is 0.590. The zero-order chi connectivity index (χ0) is 16.5. The molecule has 0 radical (unpaired) electrons. The van der Waals surface area contributed by atoms with Gasteiger partial charge in [0, 0.05) is 55.5 Å². The van der Waals surface area contributed by atoms with Crippen molar-refractivity contribution in [3.63, 3.8) is 0 Å². The van der Waals surface area contributed by atoms with E-state index in [-0.39, 0.29) is 0 Å². The van der Waals surface area contributed by atoms with Gasteiger partial charge < -0.3 is 10.2 Å². The van der Waals surface area contributed by atoms with E-state index in [9.17, 15) is 0 Å². The van der Waals surface area contributed by atoms with Gasteiger partial charge in [0.15, 0.2) is 5.82 Å². The van der Waals surface area contributed by atoms with Crippen LogP contribution < -0.4 is 10.2 Å². The Labute approximate surface area is 140 Å². The largest absolute Gasteiger partial charge is 0.354 e. The Morgan fingerprint density at radius 2 is 1.92 bits per heavy atom. The maximum absolute atomic E-state index is 4.55. The van der Waals surface area contributed by atoms with Crippen LogP contribution in [-0.2, 0) is 7.05 Å². The molecule has 7 nitrogen and oxygen atoms in total. The third kappa shape index (κ3) is 2.50. The van der Waals surface area contributed by atoms with E-state index in [2.05, 4.69) is 30.5 Å². The first-order valence-electron chi connectivity index (χ1n) is 8.29. The van der Waals surface area contributed by atoms with Gasteiger partial charge >= 0.3 is 0 Å². The lowest BCUT2D eigenvalue weighted by atomic mass is 10.0. The fraction of sp³-hybridized carbons (Fsp3) is 0.412. The van der Waals surface area contributed by atoms with Crippen LogP contribution in [0.3, 0.4) is 0 Å². The van der Waals surface area contributed by atoms with Crippen LogP contribution in [0.2, 0.25) is 0 Å². The normalized spacial score (nSPS) is 16.0. The summed E-state index contributed by atoms with van der Waals surface area (Å²) >= 11 is 0. The zero-order valence-electron chi connectivity index (χ0n) is 14.0. The van der Waals surface area contributed by atoms with Crippen LogP contribution in [0.25, 0.3) is 22.2 Å². The van der Waals surface area contributed by atoms with Gasteiger partial charge in [-0.3, -0.25) is 9.67 Å². The molecule has 0 amide bonds. The van der Waals surface area contributed by atoms with Crippen LogP contribution in [0.4, 0.5) is 5.82 Å². The van der Waals surface area contributed by atoms with Crippen LogP contribution in [0.5, 0.6) is 0 Å². The molecule has 0 bridgehead atoms. The Morgan fingerprint density at radius 3 is 2.62 bits per heavy atom. The van der Waals surface area contributed by atoms with Gasteiger partial charge in [-0.25, -0.2) is 0 Å². The van der Waals surface area contributed by atoms with Crippen LogP contribution in [0, 0.1) is 0 Å². The summed E-state index contributed by atoms with van der Waals surface area (Å²) in [6, 6.07) is 4.56. The van der Waals surface area contributed by atoms with Crippen LogP contribution in [-0.4, -0.2) is 51.1 Å². The molecule has 0 spiro atoms. The highest BCUT2D eigenvalue weighted by Crippen LogP contribution is 2.31. The average Bonchev–Trinajstić information content (AvgIpc) is 3.07. The molecular weight excluding hydrogens is 302 g/mol. The van der Waals surface area contributed by atoms with Crippen molar-refractivity contribution in [1.82, 2.24) is 30.3 Å². The van der Waals surface area contributed by atoms with Gasteiger partial charge in [0.2, 0.25) is 0 Å². The summed E-state index contributed by atoms with van der Waals surface area (Å²) in [7, 11) is 3.95. The first kappa shape index (κ1) is 15.0. The highest BCUT2D eigenvalue weighted by Gasteiger charge is 2.22. The number of hydrogen-bond acceptors (Lipinski definition) is 6. The van der Waals surface area contributed by atoms with Crippen molar-refractivity contribution in [3.05, 3.63) is 30.7 Å². The predicted molar refractivity (Wildman–Crippen MR) is 93.8 cm³/mol. The van der Waals surface area contributed by atoms with E-state index in [0.717, 1.165) is 53.9 Å². The highest BCUT2D eigenvalue weighted by atomic mass is 15.3. The number of hydrogen-bond donors (Lipinski definition) is 1. The number of rotatable bonds is 3. The number of piperidine rings is 1. The fourth-order valence-electron chi connectivity index (χ4n) is 3.39. The summed E-state index contributed by atoms with van der Waals surface area (Å²) in [4.78, 5) is 6.63. The highest BCUT2D eigenvalue weighted by molar-refractivity contribution is 5.99. The molecule has 4 heterocycles. The lowest BCUT2D eigenvalue weighted by molar-refractivity contribution is 0.441. The average molecular weight is 323 g/mol. The first-order valence-corrected chi connectivity index (χ1v) is 8.29. The summed E-state index contributed by atoms with van der Waals surface area (Å²) in [6.07, 6.45) is 7.71. The number of aromatic nitrogens is 5. The maximum atomic E-state index is 4.55. The lowest BCUT2D eigenvalue weighted by Crippen LogP contribution is -2.41. The van der Waals surface area contributed by atoms with E-state index in [4.69, 9.17) is 0 Å². The van der Waals surface area contributed by atoms with E-state index in [1.165, 1.54) is 0 Å². The molecule has 0 aliphatic carbocycles. The quantitative estimate of drug-likeness (QED) is 0.789. The Hall–Kier alpha value is -2.54. The number of anilines is 1. The molecule has 0 atom stereocenters. The molecule has 124 valence electrons. The predicted octanol–water partition coefficient (Wildman–Crippen LogP) is 1.61. The maximum Gasteiger partial charge on any atom is 0.160 e. The van der Waals surface area contributed by atoms with E-state index < -0.39 is 0 Å². The van der Waals surface area contributed by atoms with Crippen molar-refractivity contribution in [2.45, 2.75) is 18.9 Å². The van der Waals surface area contributed by atoms with E-state index in [0.29, 0.717) is 6.04 Å². The third-order valence-electron chi connectivity index (χ3n) is 4.83. The molecule has 1 fully saturated rings. The molecular formula is C17H21N7. The van der Waals surface area contributed by atoms with Crippen LogP contribution in [0.1, 0.15) is 12.8 Å². The number of pyridine rings is 1. The standard InChI is InChI=1S/C17H21N7/c1-18-12-5-9-24(10-6-12)17-14-11-19-7-3-13(14)16(21-22-17)15-4-8-20-23(15)2/h3-4,7-8,11-12,18H,5-6,9-10H2,1-2H3. The second-order valence-electron chi connectivity index (χ2n) is 6.18. The van der Waals surface area contributed by atoms with Gasteiger partial charge in [0.25, 0.3) is 0 Å². The minimum atomic E-state index is 0.590. The molecule has 1 N–H and O–H groups in total. The zero-order valence-corrected chi connectivity index (χ0v) is 14.0. The van der Waals surface area contributed by atoms with Crippen LogP contribution in [0.15, 0.2) is 30.7 Å². The summed E-state index contributed by atoms with van der Waals surface area (Å²) in [5.74, 6) is 0.929. The van der Waals surface area contributed by atoms with Crippen molar-refractivity contribution >= 4 is 16.6 Å². The molecule has 0 saturated carbocycles. The molecule has 24 heavy (non-hydrogen) atoms.